The van der Waals surface area contributed by atoms with Gasteiger partial charge in [0.05, 0.1) is 12.2 Å². The maximum Gasteiger partial charge on any atom is 0.338 e. The lowest BCUT2D eigenvalue weighted by atomic mass is 10.1. The van der Waals surface area contributed by atoms with Crippen LogP contribution in [0.2, 0.25) is 0 Å². The maximum absolute atomic E-state index is 11.8. The van der Waals surface area contributed by atoms with E-state index >= 15 is 0 Å². The first-order chi connectivity index (χ1) is 14.2. The molecule has 1 rings (SSSR count). The molecule has 0 aliphatic heterocycles. The number of aliphatic hydroxyl groups excluding tert-OH is 2. The van der Waals surface area contributed by atoms with Crippen LogP contribution in [0, 0.1) is 0 Å². The molecular formula is C24H39NO4. The van der Waals surface area contributed by atoms with Gasteiger partial charge in [0, 0.05) is 12.2 Å². The molecule has 1 atom stereocenters. The van der Waals surface area contributed by atoms with E-state index in [4.69, 9.17) is 9.84 Å². The summed E-state index contributed by atoms with van der Waals surface area (Å²) in [5.41, 5.74) is 1.39. The molecule has 0 amide bonds. The van der Waals surface area contributed by atoms with E-state index in [-0.39, 0.29) is 6.61 Å². The highest BCUT2D eigenvalue weighted by molar-refractivity contribution is 5.89. The lowest BCUT2D eigenvalue weighted by Gasteiger charge is -2.09. The average Bonchev–Trinajstić information content (AvgIpc) is 2.75. The van der Waals surface area contributed by atoms with Crippen molar-refractivity contribution < 1.29 is 19.7 Å². The number of allylic oxidation sites excluding steroid dienone is 2. The van der Waals surface area contributed by atoms with Gasteiger partial charge in [-0.2, -0.15) is 0 Å². The van der Waals surface area contributed by atoms with Gasteiger partial charge in [-0.3, -0.25) is 0 Å². The third kappa shape index (κ3) is 13.1. The Hall–Kier alpha value is -1.85. The van der Waals surface area contributed by atoms with Crippen molar-refractivity contribution in [3.63, 3.8) is 0 Å². The first-order valence-corrected chi connectivity index (χ1v) is 11.1. The van der Waals surface area contributed by atoms with Gasteiger partial charge in [-0.15, -0.1) is 0 Å². The van der Waals surface area contributed by atoms with Gasteiger partial charge in [0.2, 0.25) is 0 Å². The molecule has 0 aliphatic rings. The van der Waals surface area contributed by atoms with Gasteiger partial charge >= 0.3 is 5.97 Å². The van der Waals surface area contributed by atoms with Crippen LogP contribution in [0.4, 0.5) is 5.69 Å². The van der Waals surface area contributed by atoms with Gasteiger partial charge in [0.1, 0.15) is 12.7 Å². The second-order valence-corrected chi connectivity index (χ2v) is 7.46. The zero-order valence-corrected chi connectivity index (χ0v) is 17.9. The lowest BCUT2D eigenvalue weighted by molar-refractivity contribution is 0.00933. The number of esters is 1. The van der Waals surface area contributed by atoms with Crippen molar-refractivity contribution in [3.05, 3.63) is 42.0 Å². The highest BCUT2D eigenvalue weighted by Crippen LogP contribution is 2.12. The maximum atomic E-state index is 11.8. The summed E-state index contributed by atoms with van der Waals surface area (Å²) in [6.45, 7) is 2.51. The minimum Gasteiger partial charge on any atom is -0.459 e. The molecular weight excluding hydrogens is 366 g/mol. The molecule has 0 bridgehead atoms. The summed E-state index contributed by atoms with van der Waals surface area (Å²) in [4.78, 5) is 11.8. The van der Waals surface area contributed by atoms with Gasteiger partial charge in [-0.1, -0.05) is 57.6 Å². The van der Waals surface area contributed by atoms with Crippen molar-refractivity contribution in [1.29, 1.82) is 0 Å². The van der Waals surface area contributed by atoms with Crippen molar-refractivity contribution in [2.45, 2.75) is 77.2 Å². The normalized spacial score (nSPS) is 12.2. The number of hydrogen-bond acceptors (Lipinski definition) is 5. The quantitative estimate of drug-likeness (QED) is 0.191. The number of rotatable bonds is 17. The molecule has 0 heterocycles. The largest absolute Gasteiger partial charge is 0.459 e. The zero-order chi connectivity index (χ0) is 21.2. The Balaban J connectivity index is 2.06. The van der Waals surface area contributed by atoms with Crippen molar-refractivity contribution in [1.82, 2.24) is 0 Å². The standard InChI is InChI=1S/C24H39NO4/c1-2-3-4-5-6-7-8-9-10-11-12-13-18-25-22-16-14-21(15-17-22)24(28)29-20-23(27)19-26/h10-11,14-17,23,25-27H,2-9,12-13,18-20H2,1H3. The number of nitrogens with one attached hydrogen (secondary N) is 1. The van der Waals surface area contributed by atoms with Crippen LogP contribution in [-0.2, 0) is 4.74 Å². The summed E-state index contributed by atoms with van der Waals surface area (Å²) < 4.78 is 4.93. The molecule has 1 aromatic carbocycles. The van der Waals surface area contributed by atoms with E-state index in [1.807, 2.05) is 12.1 Å². The van der Waals surface area contributed by atoms with Gasteiger partial charge in [-0.05, 0) is 49.9 Å². The summed E-state index contributed by atoms with van der Waals surface area (Å²) >= 11 is 0. The van der Waals surface area contributed by atoms with Crippen molar-refractivity contribution >= 4 is 11.7 Å². The first kappa shape index (κ1) is 25.2. The van der Waals surface area contributed by atoms with Crippen molar-refractivity contribution in [2.24, 2.45) is 0 Å². The molecule has 0 aliphatic carbocycles. The fraction of sp³-hybridized carbons (Fsp3) is 0.625. The van der Waals surface area contributed by atoms with Gasteiger partial charge in [0.15, 0.2) is 0 Å². The monoisotopic (exact) mass is 405 g/mol. The van der Waals surface area contributed by atoms with Crippen LogP contribution in [0.25, 0.3) is 0 Å². The average molecular weight is 406 g/mol. The van der Waals surface area contributed by atoms with E-state index < -0.39 is 18.7 Å². The first-order valence-electron chi connectivity index (χ1n) is 11.1. The summed E-state index contributed by atoms with van der Waals surface area (Å²) in [7, 11) is 0. The molecule has 3 N–H and O–H groups in total. The molecule has 1 unspecified atom stereocenters. The third-order valence-corrected chi connectivity index (χ3v) is 4.76. The fourth-order valence-electron chi connectivity index (χ4n) is 2.94. The predicted molar refractivity (Wildman–Crippen MR) is 119 cm³/mol. The number of carbonyl (C=O) groups excluding carboxylic acids is 1. The van der Waals surface area contributed by atoms with E-state index in [2.05, 4.69) is 24.4 Å². The van der Waals surface area contributed by atoms with Crippen LogP contribution < -0.4 is 5.32 Å². The Morgan fingerprint density at radius 1 is 1.00 bits per heavy atom. The molecule has 0 aromatic heterocycles. The number of aliphatic hydroxyl groups is 2. The molecule has 1 aromatic rings. The summed E-state index contributed by atoms with van der Waals surface area (Å²) in [5, 5.41) is 21.3. The fourth-order valence-corrected chi connectivity index (χ4v) is 2.94. The van der Waals surface area contributed by atoms with E-state index in [1.54, 1.807) is 12.1 Å². The molecule has 164 valence electrons. The Labute approximate surface area is 176 Å². The van der Waals surface area contributed by atoms with Crippen LogP contribution >= 0.6 is 0 Å². The second-order valence-electron chi connectivity index (χ2n) is 7.46. The van der Waals surface area contributed by atoms with Crippen LogP contribution in [0.15, 0.2) is 36.4 Å². The van der Waals surface area contributed by atoms with E-state index in [0.29, 0.717) is 5.56 Å². The minimum atomic E-state index is -1.04. The third-order valence-electron chi connectivity index (χ3n) is 4.76. The molecule has 0 saturated carbocycles. The number of ether oxygens (including phenoxy) is 1. The summed E-state index contributed by atoms with van der Waals surface area (Å²) in [6, 6.07) is 7.07. The number of anilines is 1. The lowest BCUT2D eigenvalue weighted by Crippen LogP contribution is -2.21. The molecule has 29 heavy (non-hydrogen) atoms. The Morgan fingerprint density at radius 3 is 2.28 bits per heavy atom. The predicted octanol–water partition coefficient (Wildman–Crippen LogP) is 5.09. The number of carbonyl (C=O) groups is 1. The van der Waals surface area contributed by atoms with Crippen LogP contribution in [0.3, 0.4) is 0 Å². The summed E-state index contributed by atoms with van der Waals surface area (Å²) in [5.74, 6) is -0.504. The van der Waals surface area contributed by atoms with E-state index in [1.165, 1.54) is 51.4 Å². The van der Waals surface area contributed by atoms with Crippen LogP contribution in [-0.4, -0.2) is 42.0 Å². The minimum absolute atomic E-state index is 0.207. The number of unbranched alkanes of at least 4 members (excludes halogenated alkanes) is 8. The van der Waals surface area contributed by atoms with Gasteiger partial charge in [0.25, 0.3) is 0 Å². The van der Waals surface area contributed by atoms with Crippen molar-refractivity contribution in [2.75, 3.05) is 25.1 Å². The molecule has 0 fully saturated rings. The smallest absolute Gasteiger partial charge is 0.338 e. The van der Waals surface area contributed by atoms with E-state index in [0.717, 1.165) is 25.1 Å². The van der Waals surface area contributed by atoms with Gasteiger partial charge < -0.3 is 20.3 Å². The Morgan fingerprint density at radius 2 is 1.62 bits per heavy atom. The molecule has 0 spiro atoms. The topological polar surface area (TPSA) is 78.8 Å². The Bertz CT molecular complexity index is 557. The number of benzene rings is 1. The van der Waals surface area contributed by atoms with Gasteiger partial charge in [-0.25, -0.2) is 4.79 Å². The SMILES string of the molecule is CCCCCCCCCC=CCCCNc1ccc(C(=O)OCC(O)CO)cc1. The molecule has 5 nitrogen and oxygen atoms in total. The zero-order valence-electron chi connectivity index (χ0n) is 17.9. The van der Waals surface area contributed by atoms with Crippen LogP contribution in [0.5, 0.6) is 0 Å². The van der Waals surface area contributed by atoms with Crippen molar-refractivity contribution in [3.8, 4) is 0 Å². The molecule has 0 radical (unpaired) electrons. The highest BCUT2D eigenvalue weighted by atomic mass is 16.5. The molecule has 5 heteroatoms. The molecule has 0 saturated heterocycles. The number of hydrogen-bond donors (Lipinski definition) is 3. The second kappa shape index (κ2) is 17.0. The highest BCUT2D eigenvalue weighted by Gasteiger charge is 2.10. The summed E-state index contributed by atoms with van der Waals surface area (Å²) in [6.07, 6.45) is 16.4. The van der Waals surface area contributed by atoms with Crippen LogP contribution in [0.1, 0.15) is 81.5 Å². The van der Waals surface area contributed by atoms with E-state index in [9.17, 15) is 9.90 Å². The Kier molecular flexibility index (Phi) is 14.8.